The van der Waals surface area contributed by atoms with E-state index < -0.39 is 16.6 Å². The van der Waals surface area contributed by atoms with Crippen LogP contribution in [0.3, 0.4) is 0 Å². The number of H-pyrrole nitrogens is 1. The maximum atomic E-state index is 13.0. The third-order valence-electron chi connectivity index (χ3n) is 5.14. The molecule has 3 aromatic rings. The number of benzene rings is 1. The van der Waals surface area contributed by atoms with Crippen molar-refractivity contribution in [1.82, 2.24) is 14.9 Å². The summed E-state index contributed by atoms with van der Waals surface area (Å²) < 4.78 is 25.2. The number of aromatic nitrogens is 2. The molecule has 160 valence electrons. The summed E-state index contributed by atoms with van der Waals surface area (Å²) in [5, 5.41) is 3.48. The predicted molar refractivity (Wildman–Crippen MR) is 118 cm³/mol. The summed E-state index contributed by atoms with van der Waals surface area (Å²) in [4.78, 5) is 28.3. The van der Waals surface area contributed by atoms with Crippen molar-refractivity contribution < 1.29 is 13.2 Å². The van der Waals surface area contributed by atoms with Crippen molar-refractivity contribution in [2.24, 2.45) is 0 Å². The van der Waals surface area contributed by atoms with Crippen molar-refractivity contribution in [3.05, 3.63) is 63.2 Å². The number of nitrogens with zero attached hydrogens (tertiary/aromatic N) is 1. The van der Waals surface area contributed by atoms with E-state index in [4.69, 9.17) is 0 Å². The van der Waals surface area contributed by atoms with Gasteiger partial charge in [-0.15, -0.1) is 0 Å². The summed E-state index contributed by atoms with van der Waals surface area (Å²) in [6.45, 7) is 7.91. The zero-order chi connectivity index (χ0) is 22.0. The molecular formula is C22H27N3O4S. The average Bonchev–Trinajstić information content (AvgIpc) is 3.10. The van der Waals surface area contributed by atoms with Gasteiger partial charge in [0.1, 0.15) is 0 Å². The number of carbonyl (C=O) groups excluding carboxylic acids is 1. The molecular weight excluding hydrogens is 402 g/mol. The minimum atomic E-state index is -2.84. The molecule has 1 aromatic carbocycles. The van der Waals surface area contributed by atoms with Gasteiger partial charge in [0, 0.05) is 41.0 Å². The summed E-state index contributed by atoms with van der Waals surface area (Å²) in [7, 11) is -2.84. The molecule has 1 amide bonds. The molecule has 7 nitrogen and oxygen atoms in total. The maximum Gasteiger partial charge on any atom is 0.253 e. The molecule has 0 atom stereocenters. The normalized spacial score (nSPS) is 11.5. The van der Waals surface area contributed by atoms with E-state index in [1.807, 2.05) is 50.6 Å². The molecule has 0 aliphatic rings. The Labute approximate surface area is 177 Å². The van der Waals surface area contributed by atoms with E-state index in [1.54, 1.807) is 6.07 Å². The number of aromatic amines is 1. The lowest BCUT2D eigenvalue weighted by molar-refractivity contribution is 0.0952. The highest BCUT2D eigenvalue weighted by molar-refractivity contribution is 7.72. The van der Waals surface area contributed by atoms with Crippen LogP contribution < -0.4 is 10.9 Å². The molecule has 2 heterocycles. The van der Waals surface area contributed by atoms with E-state index in [0.717, 1.165) is 24.1 Å². The fourth-order valence-electron chi connectivity index (χ4n) is 3.73. The number of thiol groups is 1. The van der Waals surface area contributed by atoms with E-state index in [0.29, 0.717) is 16.5 Å². The Morgan fingerprint density at radius 1 is 1.23 bits per heavy atom. The number of aryl methyl sites for hydroxylation is 2. The minimum Gasteiger partial charge on any atom is -0.348 e. The molecule has 0 unspecified atom stereocenters. The van der Waals surface area contributed by atoms with Gasteiger partial charge in [-0.25, -0.2) is 8.42 Å². The van der Waals surface area contributed by atoms with Gasteiger partial charge in [-0.1, -0.05) is 13.3 Å². The van der Waals surface area contributed by atoms with Crippen LogP contribution in [0.4, 0.5) is 0 Å². The molecule has 0 radical (unpaired) electrons. The van der Waals surface area contributed by atoms with Crippen LogP contribution in [0.25, 0.3) is 10.9 Å². The van der Waals surface area contributed by atoms with Crippen molar-refractivity contribution in [3.63, 3.8) is 0 Å². The lowest BCUT2D eigenvalue weighted by atomic mass is 10.0. The number of nitrogens with one attached hydrogen (secondary N) is 2. The van der Waals surface area contributed by atoms with E-state index in [1.165, 1.54) is 6.07 Å². The van der Waals surface area contributed by atoms with Gasteiger partial charge in [0.2, 0.25) is 0 Å². The SMILES string of the molecule is CCCc1cc(C)[nH]c(=O)c1CNC(=O)c1cc([SH](=O)=O)cc2c1ccn2C(C)C. The first-order valence-corrected chi connectivity index (χ1v) is 11.2. The van der Waals surface area contributed by atoms with Crippen molar-refractivity contribution in [2.45, 2.75) is 58.0 Å². The lowest BCUT2D eigenvalue weighted by Gasteiger charge is -2.13. The summed E-state index contributed by atoms with van der Waals surface area (Å²) >= 11 is 0. The summed E-state index contributed by atoms with van der Waals surface area (Å²) in [5.74, 6) is -0.414. The van der Waals surface area contributed by atoms with Gasteiger partial charge in [-0.05, 0) is 57.0 Å². The number of hydrogen-bond acceptors (Lipinski definition) is 4. The third-order valence-corrected chi connectivity index (χ3v) is 5.82. The van der Waals surface area contributed by atoms with E-state index in [2.05, 4.69) is 10.3 Å². The Balaban J connectivity index is 1.99. The van der Waals surface area contributed by atoms with Crippen LogP contribution in [0.1, 0.15) is 60.4 Å². The third kappa shape index (κ3) is 4.33. The lowest BCUT2D eigenvalue weighted by Crippen LogP contribution is -2.28. The van der Waals surface area contributed by atoms with Gasteiger partial charge in [0.25, 0.3) is 11.5 Å². The molecule has 2 aromatic heterocycles. The molecule has 2 N–H and O–H groups in total. The second kappa shape index (κ2) is 8.87. The fraction of sp³-hybridized carbons (Fsp3) is 0.364. The Kier molecular flexibility index (Phi) is 6.45. The van der Waals surface area contributed by atoms with Gasteiger partial charge < -0.3 is 14.9 Å². The van der Waals surface area contributed by atoms with Crippen LogP contribution in [-0.4, -0.2) is 23.9 Å². The molecule has 0 aliphatic carbocycles. The van der Waals surface area contributed by atoms with Crippen molar-refractivity contribution in [2.75, 3.05) is 0 Å². The molecule has 0 spiro atoms. The first-order valence-electron chi connectivity index (χ1n) is 10.0. The van der Waals surface area contributed by atoms with Crippen LogP contribution >= 0.6 is 0 Å². The van der Waals surface area contributed by atoms with Crippen LogP contribution in [0, 0.1) is 6.92 Å². The summed E-state index contributed by atoms with van der Waals surface area (Å²) in [6, 6.07) is 6.83. The number of pyridine rings is 1. The topological polar surface area (TPSA) is 101 Å². The highest BCUT2D eigenvalue weighted by atomic mass is 32.2. The monoisotopic (exact) mass is 429 g/mol. The Hall–Kier alpha value is -2.87. The van der Waals surface area contributed by atoms with Gasteiger partial charge in [-0.2, -0.15) is 0 Å². The van der Waals surface area contributed by atoms with Gasteiger partial charge in [-0.3, -0.25) is 9.59 Å². The summed E-state index contributed by atoms with van der Waals surface area (Å²) in [5.41, 5.74) is 2.96. The first kappa shape index (κ1) is 21.8. The predicted octanol–water partition coefficient (Wildman–Crippen LogP) is 3.07. The van der Waals surface area contributed by atoms with E-state index >= 15 is 0 Å². The number of amides is 1. The largest absolute Gasteiger partial charge is 0.348 e. The van der Waals surface area contributed by atoms with Gasteiger partial charge in [0.15, 0.2) is 10.7 Å². The van der Waals surface area contributed by atoms with Crippen molar-refractivity contribution >= 4 is 27.5 Å². The Bertz CT molecular complexity index is 1230. The Morgan fingerprint density at radius 3 is 2.60 bits per heavy atom. The number of carbonyl (C=O) groups is 1. The van der Waals surface area contributed by atoms with Crippen LogP contribution in [-0.2, 0) is 23.7 Å². The maximum absolute atomic E-state index is 13.0. The second-order valence-corrected chi connectivity index (χ2v) is 8.75. The second-order valence-electron chi connectivity index (χ2n) is 7.72. The molecule has 30 heavy (non-hydrogen) atoms. The van der Waals surface area contributed by atoms with E-state index in [9.17, 15) is 18.0 Å². The Morgan fingerprint density at radius 2 is 1.97 bits per heavy atom. The van der Waals surface area contributed by atoms with Gasteiger partial charge >= 0.3 is 0 Å². The smallest absolute Gasteiger partial charge is 0.253 e. The first-order chi connectivity index (χ1) is 14.2. The quantitative estimate of drug-likeness (QED) is 0.503. The summed E-state index contributed by atoms with van der Waals surface area (Å²) in [6.07, 6.45) is 3.47. The number of fused-ring (bicyclic) bond motifs is 1. The molecule has 0 bridgehead atoms. The van der Waals surface area contributed by atoms with Crippen LogP contribution in [0.2, 0.25) is 0 Å². The van der Waals surface area contributed by atoms with E-state index in [-0.39, 0.29) is 28.6 Å². The molecule has 0 saturated carbocycles. The molecule has 0 fully saturated rings. The standard InChI is InChI=1S/C22H27N3O4S/c1-5-6-15-9-14(4)24-22(27)19(15)12-23-21(26)18-10-16(30(28)29)11-20-17(18)7-8-25(20)13(2)3/h7-11,13,30H,5-6,12H2,1-4H3,(H,23,26)(H,24,27). The zero-order valence-electron chi connectivity index (χ0n) is 17.6. The molecule has 8 heteroatoms. The molecule has 0 saturated heterocycles. The zero-order valence-corrected chi connectivity index (χ0v) is 18.5. The van der Waals surface area contributed by atoms with Crippen LogP contribution in [0.5, 0.6) is 0 Å². The van der Waals surface area contributed by atoms with Crippen molar-refractivity contribution in [3.8, 4) is 0 Å². The minimum absolute atomic E-state index is 0.0733. The van der Waals surface area contributed by atoms with Crippen molar-refractivity contribution in [1.29, 1.82) is 0 Å². The van der Waals surface area contributed by atoms with Gasteiger partial charge in [0.05, 0.1) is 10.4 Å². The number of hydrogen-bond donors (Lipinski definition) is 3. The number of rotatable bonds is 7. The average molecular weight is 430 g/mol. The highest BCUT2D eigenvalue weighted by Gasteiger charge is 2.17. The highest BCUT2D eigenvalue weighted by Crippen LogP contribution is 2.26. The fourth-order valence-corrected chi connectivity index (χ4v) is 4.19. The van der Waals surface area contributed by atoms with Crippen LogP contribution in [0.15, 0.2) is 40.2 Å². The molecule has 0 aliphatic heterocycles. The molecule has 3 rings (SSSR count).